The number of ether oxygens (including phenoxy) is 1. The molecule has 154 valence electrons. The van der Waals surface area contributed by atoms with Crippen LogP contribution in [0, 0.1) is 11.8 Å². The summed E-state index contributed by atoms with van der Waals surface area (Å²) in [6.07, 6.45) is 0.740. The maximum Gasteiger partial charge on any atom is 0.344 e. The zero-order valence-corrected chi connectivity index (χ0v) is 16.3. The predicted octanol–water partition coefficient (Wildman–Crippen LogP) is 1.71. The third kappa shape index (κ3) is 3.41. The van der Waals surface area contributed by atoms with Gasteiger partial charge in [-0.2, -0.15) is 5.01 Å². The average molecular weight is 407 g/mol. The Hall–Kier alpha value is -3.68. The minimum absolute atomic E-state index is 0.182. The fraction of sp³-hybridized carbons (Fsp3) is 0.273. The third-order valence-electron chi connectivity index (χ3n) is 5.43. The van der Waals surface area contributed by atoms with E-state index in [0.717, 1.165) is 6.42 Å². The summed E-state index contributed by atoms with van der Waals surface area (Å²) in [7, 11) is 0. The van der Waals surface area contributed by atoms with E-state index < -0.39 is 36.0 Å². The van der Waals surface area contributed by atoms with Crippen LogP contribution in [0.4, 0.5) is 4.79 Å². The van der Waals surface area contributed by atoms with Crippen molar-refractivity contribution in [1.82, 2.24) is 15.8 Å². The van der Waals surface area contributed by atoms with Gasteiger partial charge in [0.25, 0.3) is 11.8 Å². The number of hydrazine groups is 1. The number of benzene rings is 2. The molecule has 2 aromatic carbocycles. The molecule has 0 bridgehead atoms. The molecule has 1 aliphatic heterocycles. The van der Waals surface area contributed by atoms with Crippen LogP contribution >= 0.6 is 0 Å². The van der Waals surface area contributed by atoms with E-state index in [1.54, 1.807) is 60.7 Å². The van der Waals surface area contributed by atoms with Gasteiger partial charge in [0.1, 0.15) is 0 Å². The van der Waals surface area contributed by atoms with E-state index in [4.69, 9.17) is 4.74 Å². The molecule has 4 rings (SSSR count). The Bertz CT molecular complexity index is 953. The first-order valence-electron chi connectivity index (χ1n) is 9.67. The second-order valence-corrected chi connectivity index (χ2v) is 7.51. The summed E-state index contributed by atoms with van der Waals surface area (Å²) >= 11 is 0. The molecule has 2 N–H and O–H groups in total. The quantitative estimate of drug-likeness (QED) is 0.560. The zero-order valence-electron chi connectivity index (χ0n) is 16.3. The number of rotatable bonds is 6. The van der Waals surface area contributed by atoms with Crippen LogP contribution < -0.4 is 10.7 Å². The number of imide groups is 1. The van der Waals surface area contributed by atoms with Crippen LogP contribution in [0.5, 0.6) is 0 Å². The minimum Gasteiger partial charge on any atom is -0.455 e. The van der Waals surface area contributed by atoms with Gasteiger partial charge in [0.05, 0.1) is 5.92 Å². The predicted molar refractivity (Wildman–Crippen MR) is 105 cm³/mol. The number of esters is 1. The van der Waals surface area contributed by atoms with Gasteiger partial charge < -0.3 is 10.1 Å². The SMILES string of the molecule is C[C@H]1C[C@H]1C(=O)OCC(=O)NN1C(=O)NC(c2ccccc2)(c2ccccc2)C1=O. The third-order valence-corrected chi connectivity index (χ3v) is 5.43. The second-order valence-electron chi connectivity index (χ2n) is 7.51. The summed E-state index contributed by atoms with van der Waals surface area (Å²) < 4.78 is 4.98. The van der Waals surface area contributed by atoms with Crippen LogP contribution in [0.25, 0.3) is 0 Å². The smallest absolute Gasteiger partial charge is 0.344 e. The first kappa shape index (κ1) is 19.6. The van der Waals surface area contributed by atoms with Crippen LogP contribution in [-0.4, -0.2) is 35.4 Å². The number of hydrogen-bond acceptors (Lipinski definition) is 5. The van der Waals surface area contributed by atoms with Crippen LogP contribution in [0.1, 0.15) is 24.5 Å². The molecule has 1 saturated carbocycles. The van der Waals surface area contributed by atoms with E-state index in [2.05, 4.69) is 10.7 Å². The number of amides is 4. The molecule has 0 spiro atoms. The summed E-state index contributed by atoms with van der Waals surface area (Å²) in [5, 5.41) is 3.35. The first-order chi connectivity index (χ1) is 14.4. The van der Waals surface area contributed by atoms with Crippen molar-refractivity contribution in [2.75, 3.05) is 6.61 Å². The van der Waals surface area contributed by atoms with Gasteiger partial charge in [-0.15, -0.1) is 0 Å². The lowest BCUT2D eigenvalue weighted by atomic mass is 9.83. The Morgan fingerprint density at radius 3 is 2.10 bits per heavy atom. The van der Waals surface area contributed by atoms with E-state index in [1.165, 1.54) is 0 Å². The Labute approximate surface area is 173 Å². The van der Waals surface area contributed by atoms with Crippen molar-refractivity contribution in [2.45, 2.75) is 18.9 Å². The number of nitrogens with zero attached hydrogens (tertiary/aromatic N) is 1. The Kier molecular flexibility index (Phi) is 4.99. The normalized spacial score (nSPS) is 21.7. The van der Waals surface area contributed by atoms with Gasteiger partial charge in [-0.25, -0.2) is 4.79 Å². The fourth-order valence-electron chi connectivity index (χ4n) is 3.62. The lowest BCUT2D eigenvalue weighted by Gasteiger charge is -2.27. The van der Waals surface area contributed by atoms with Gasteiger partial charge in [0.2, 0.25) is 0 Å². The van der Waals surface area contributed by atoms with Crippen LogP contribution in [-0.2, 0) is 24.7 Å². The summed E-state index contributed by atoms with van der Waals surface area (Å²) in [4.78, 5) is 50.1. The van der Waals surface area contributed by atoms with Crippen molar-refractivity contribution in [3.8, 4) is 0 Å². The Balaban J connectivity index is 1.55. The lowest BCUT2D eigenvalue weighted by Crippen LogP contribution is -2.50. The molecule has 2 atom stereocenters. The van der Waals surface area contributed by atoms with Gasteiger partial charge in [-0.05, 0) is 23.5 Å². The Morgan fingerprint density at radius 1 is 1.07 bits per heavy atom. The summed E-state index contributed by atoms with van der Waals surface area (Å²) in [5.74, 6) is -1.79. The van der Waals surface area contributed by atoms with E-state index in [9.17, 15) is 19.2 Å². The zero-order chi connectivity index (χ0) is 21.3. The van der Waals surface area contributed by atoms with Gasteiger partial charge in [0, 0.05) is 0 Å². The van der Waals surface area contributed by atoms with E-state index >= 15 is 0 Å². The molecule has 8 heteroatoms. The molecule has 1 heterocycles. The van der Waals surface area contributed by atoms with Crippen LogP contribution in [0.3, 0.4) is 0 Å². The number of carbonyl (C=O) groups excluding carboxylic acids is 4. The highest BCUT2D eigenvalue weighted by Crippen LogP contribution is 2.38. The molecule has 30 heavy (non-hydrogen) atoms. The van der Waals surface area contributed by atoms with Crippen molar-refractivity contribution in [2.24, 2.45) is 11.8 Å². The highest BCUT2D eigenvalue weighted by molar-refractivity contribution is 6.10. The number of hydrogen-bond donors (Lipinski definition) is 2. The summed E-state index contributed by atoms with van der Waals surface area (Å²) in [6.45, 7) is 1.36. The van der Waals surface area contributed by atoms with Crippen molar-refractivity contribution in [1.29, 1.82) is 0 Å². The molecule has 2 aromatic rings. The molecule has 8 nitrogen and oxygen atoms in total. The monoisotopic (exact) mass is 407 g/mol. The van der Waals surface area contributed by atoms with Gasteiger partial charge in [-0.3, -0.25) is 19.8 Å². The van der Waals surface area contributed by atoms with E-state index in [1.807, 2.05) is 6.92 Å². The van der Waals surface area contributed by atoms with E-state index in [0.29, 0.717) is 16.1 Å². The number of carbonyl (C=O) groups is 4. The Morgan fingerprint density at radius 2 is 1.60 bits per heavy atom. The molecule has 2 fully saturated rings. The molecule has 1 saturated heterocycles. The van der Waals surface area contributed by atoms with Crippen molar-refractivity contribution in [3.63, 3.8) is 0 Å². The molecule has 0 unspecified atom stereocenters. The van der Waals surface area contributed by atoms with Crippen LogP contribution in [0.2, 0.25) is 0 Å². The van der Waals surface area contributed by atoms with E-state index in [-0.39, 0.29) is 11.8 Å². The number of urea groups is 1. The van der Waals surface area contributed by atoms with Crippen LogP contribution in [0.15, 0.2) is 60.7 Å². The minimum atomic E-state index is -1.48. The summed E-state index contributed by atoms with van der Waals surface area (Å²) in [5.41, 5.74) is 1.89. The molecule has 4 amide bonds. The average Bonchev–Trinajstić information content (AvgIpc) is 3.45. The molecular weight excluding hydrogens is 386 g/mol. The van der Waals surface area contributed by atoms with Gasteiger partial charge >= 0.3 is 12.0 Å². The standard InChI is InChI=1S/C22H21N3O5/c1-14-12-17(14)19(27)30-13-18(26)24-25-20(28)22(23-21(25)29,15-8-4-2-5-9-15)16-10-6-3-7-11-16/h2-11,14,17H,12-13H2,1H3,(H,23,29)(H,24,26)/t14-,17+/m0/s1. The van der Waals surface area contributed by atoms with Crippen molar-refractivity contribution >= 4 is 23.8 Å². The van der Waals surface area contributed by atoms with Gasteiger partial charge in [-0.1, -0.05) is 67.6 Å². The second kappa shape index (κ2) is 7.62. The maximum absolute atomic E-state index is 13.4. The van der Waals surface area contributed by atoms with Gasteiger partial charge in [0.15, 0.2) is 12.1 Å². The maximum atomic E-state index is 13.4. The molecule has 0 radical (unpaired) electrons. The fourth-order valence-corrected chi connectivity index (χ4v) is 3.62. The highest BCUT2D eigenvalue weighted by atomic mass is 16.5. The molecule has 0 aromatic heterocycles. The van der Waals surface area contributed by atoms with Crippen molar-refractivity contribution in [3.05, 3.63) is 71.8 Å². The highest BCUT2D eigenvalue weighted by Gasteiger charge is 2.54. The van der Waals surface area contributed by atoms with Crippen molar-refractivity contribution < 1.29 is 23.9 Å². The topological polar surface area (TPSA) is 105 Å². The number of nitrogens with one attached hydrogen (secondary N) is 2. The largest absolute Gasteiger partial charge is 0.455 e. The molecular formula is C22H21N3O5. The molecule has 2 aliphatic rings. The summed E-state index contributed by atoms with van der Waals surface area (Å²) in [6, 6.07) is 16.8. The first-order valence-corrected chi connectivity index (χ1v) is 9.67. The lowest BCUT2D eigenvalue weighted by molar-refractivity contribution is -0.151. The molecule has 1 aliphatic carbocycles.